The molecular formula is C15H24N2O. The van der Waals surface area contributed by atoms with E-state index in [1.54, 1.807) is 7.11 Å². The molecule has 3 heteroatoms. The third-order valence-corrected chi connectivity index (χ3v) is 3.37. The summed E-state index contributed by atoms with van der Waals surface area (Å²) in [6, 6.07) is 7.57. The van der Waals surface area contributed by atoms with Gasteiger partial charge in [0.05, 0.1) is 7.11 Å². The third-order valence-electron chi connectivity index (χ3n) is 3.37. The number of nitrogens with one attached hydrogen (secondary N) is 2. The first-order chi connectivity index (χ1) is 8.69. The fourth-order valence-corrected chi connectivity index (χ4v) is 2.03. The van der Waals surface area contributed by atoms with E-state index in [0.29, 0.717) is 6.04 Å². The summed E-state index contributed by atoms with van der Waals surface area (Å²) in [5.74, 6) is 0.968. The fraction of sp³-hybridized carbons (Fsp3) is 0.600. The minimum Gasteiger partial charge on any atom is -0.496 e. The molecular weight excluding hydrogens is 224 g/mol. The smallest absolute Gasteiger partial charge is 0.123 e. The zero-order valence-electron chi connectivity index (χ0n) is 11.6. The maximum Gasteiger partial charge on any atom is 0.123 e. The number of aryl methyl sites for hydroxylation is 1. The van der Waals surface area contributed by atoms with Crippen molar-refractivity contribution in [3.63, 3.8) is 0 Å². The summed E-state index contributed by atoms with van der Waals surface area (Å²) in [5, 5.41) is 7.08. The molecule has 1 atom stereocenters. The predicted molar refractivity (Wildman–Crippen MR) is 75.1 cm³/mol. The Kier molecular flexibility index (Phi) is 4.61. The van der Waals surface area contributed by atoms with Crippen molar-refractivity contribution in [2.45, 2.75) is 45.3 Å². The van der Waals surface area contributed by atoms with E-state index in [1.165, 1.54) is 24.0 Å². The molecule has 2 rings (SSSR count). The number of benzene rings is 1. The first kappa shape index (κ1) is 13.4. The molecule has 3 nitrogen and oxygen atoms in total. The van der Waals surface area contributed by atoms with Gasteiger partial charge in [-0.25, -0.2) is 0 Å². The van der Waals surface area contributed by atoms with Gasteiger partial charge in [0.25, 0.3) is 0 Å². The number of hydrogen-bond donors (Lipinski definition) is 2. The fourth-order valence-electron chi connectivity index (χ4n) is 2.03. The van der Waals surface area contributed by atoms with Gasteiger partial charge >= 0.3 is 0 Å². The number of methoxy groups -OCH3 is 1. The zero-order chi connectivity index (χ0) is 13.0. The molecule has 2 N–H and O–H groups in total. The van der Waals surface area contributed by atoms with Crippen LogP contribution < -0.4 is 15.4 Å². The van der Waals surface area contributed by atoms with E-state index in [2.05, 4.69) is 36.6 Å². The van der Waals surface area contributed by atoms with Gasteiger partial charge in [0.15, 0.2) is 0 Å². The molecule has 0 radical (unpaired) electrons. The Morgan fingerprint density at radius 2 is 2.17 bits per heavy atom. The minimum atomic E-state index is 0.482. The summed E-state index contributed by atoms with van der Waals surface area (Å²) in [6.45, 7) is 6.23. The SMILES string of the molecule is COc1ccc(C)cc1CNC(C)CNC1CC1. The van der Waals surface area contributed by atoms with Crippen LogP contribution >= 0.6 is 0 Å². The Labute approximate surface area is 110 Å². The van der Waals surface area contributed by atoms with Crippen molar-refractivity contribution in [2.24, 2.45) is 0 Å². The van der Waals surface area contributed by atoms with Crippen molar-refractivity contribution >= 4 is 0 Å². The van der Waals surface area contributed by atoms with Gasteiger partial charge in [-0.1, -0.05) is 17.7 Å². The van der Waals surface area contributed by atoms with Crippen LogP contribution in [0.4, 0.5) is 0 Å². The van der Waals surface area contributed by atoms with Crippen molar-refractivity contribution in [3.8, 4) is 5.75 Å². The first-order valence-electron chi connectivity index (χ1n) is 6.79. The molecule has 1 aromatic carbocycles. The maximum atomic E-state index is 5.39. The molecule has 0 amide bonds. The van der Waals surface area contributed by atoms with Gasteiger partial charge in [0.1, 0.15) is 5.75 Å². The highest BCUT2D eigenvalue weighted by atomic mass is 16.5. The first-order valence-corrected chi connectivity index (χ1v) is 6.79. The molecule has 0 aliphatic heterocycles. The molecule has 0 bridgehead atoms. The lowest BCUT2D eigenvalue weighted by Crippen LogP contribution is -2.36. The lowest BCUT2D eigenvalue weighted by Gasteiger charge is -2.16. The second-order valence-corrected chi connectivity index (χ2v) is 5.28. The van der Waals surface area contributed by atoms with E-state index in [1.807, 2.05) is 6.07 Å². The van der Waals surface area contributed by atoms with Crippen LogP contribution in [-0.4, -0.2) is 25.7 Å². The molecule has 1 aliphatic carbocycles. The Morgan fingerprint density at radius 1 is 1.39 bits per heavy atom. The molecule has 1 saturated carbocycles. The molecule has 1 aliphatic rings. The highest BCUT2D eigenvalue weighted by molar-refractivity contribution is 5.36. The van der Waals surface area contributed by atoms with Gasteiger partial charge in [-0.15, -0.1) is 0 Å². The molecule has 1 fully saturated rings. The van der Waals surface area contributed by atoms with Gasteiger partial charge in [0, 0.05) is 30.7 Å². The predicted octanol–water partition coefficient (Wildman–Crippen LogP) is 2.23. The van der Waals surface area contributed by atoms with Crippen molar-refractivity contribution < 1.29 is 4.74 Å². The zero-order valence-corrected chi connectivity index (χ0v) is 11.6. The third kappa shape index (κ3) is 4.00. The molecule has 100 valence electrons. The topological polar surface area (TPSA) is 33.3 Å². The quantitative estimate of drug-likeness (QED) is 0.776. The maximum absolute atomic E-state index is 5.39. The average Bonchev–Trinajstić information content (AvgIpc) is 3.18. The second kappa shape index (κ2) is 6.21. The normalized spacial score (nSPS) is 16.6. The van der Waals surface area contributed by atoms with Gasteiger partial charge < -0.3 is 15.4 Å². The largest absolute Gasteiger partial charge is 0.496 e. The minimum absolute atomic E-state index is 0.482. The van der Waals surface area contributed by atoms with Gasteiger partial charge in [-0.2, -0.15) is 0 Å². The molecule has 18 heavy (non-hydrogen) atoms. The number of hydrogen-bond acceptors (Lipinski definition) is 3. The Bertz CT molecular complexity index is 388. The van der Waals surface area contributed by atoms with Crippen molar-refractivity contribution in [3.05, 3.63) is 29.3 Å². The molecule has 0 spiro atoms. The van der Waals surface area contributed by atoms with Gasteiger partial charge in [-0.3, -0.25) is 0 Å². The molecule has 1 unspecified atom stereocenters. The van der Waals surface area contributed by atoms with Crippen LogP contribution in [0.5, 0.6) is 5.75 Å². The van der Waals surface area contributed by atoms with Crippen molar-refractivity contribution in [2.75, 3.05) is 13.7 Å². The van der Waals surface area contributed by atoms with Gasteiger partial charge in [-0.05, 0) is 32.8 Å². The van der Waals surface area contributed by atoms with Crippen LogP contribution in [0, 0.1) is 6.92 Å². The molecule has 1 aromatic rings. The van der Waals surface area contributed by atoms with Crippen LogP contribution in [0.3, 0.4) is 0 Å². The van der Waals surface area contributed by atoms with Crippen LogP contribution in [0.25, 0.3) is 0 Å². The molecule has 0 saturated heterocycles. The van der Waals surface area contributed by atoms with E-state index in [0.717, 1.165) is 24.9 Å². The Hall–Kier alpha value is -1.06. The Morgan fingerprint density at radius 3 is 2.83 bits per heavy atom. The number of ether oxygens (including phenoxy) is 1. The van der Waals surface area contributed by atoms with E-state index in [9.17, 15) is 0 Å². The van der Waals surface area contributed by atoms with Crippen LogP contribution in [-0.2, 0) is 6.54 Å². The van der Waals surface area contributed by atoms with E-state index < -0.39 is 0 Å². The summed E-state index contributed by atoms with van der Waals surface area (Å²) in [4.78, 5) is 0. The van der Waals surface area contributed by atoms with Crippen molar-refractivity contribution in [1.29, 1.82) is 0 Å². The summed E-state index contributed by atoms with van der Waals surface area (Å²) in [7, 11) is 1.73. The standard InChI is InChI=1S/C15H24N2O/c1-11-4-7-15(18-3)13(8-11)10-16-12(2)9-17-14-5-6-14/h4,7-8,12,14,16-17H,5-6,9-10H2,1-3H3. The second-order valence-electron chi connectivity index (χ2n) is 5.28. The highest BCUT2D eigenvalue weighted by Gasteiger charge is 2.20. The van der Waals surface area contributed by atoms with E-state index in [-0.39, 0.29) is 0 Å². The lowest BCUT2D eigenvalue weighted by molar-refractivity contribution is 0.404. The lowest BCUT2D eigenvalue weighted by atomic mass is 10.1. The summed E-state index contributed by atoms with van der Waals surface area (Å²) >= 11 is 0. The average molecular weight is 248 g/mol. The highest BCUT2D eigenvalue weighted by Crippen LogP contribution is 2.20. The molecule has 0 aromatic heterocycles. The molecule has 0 heterocycles. The summed E-state index contributed by atoms with van der Waals surface area (Å²) in [6.07, 6.45) is 2.69. The Balaban J connectivity index is 1.82. The van der Waals surface area contributed by atoms with Crippen molar-refractivity contribution in [1.82, 2.24) is 10.6 Å². The number of rotatable bonds is 7. The van der Waals surface area contributed by atoms with E-state index >= 15 is 0 Å². The summed E-state index contributed by atoms with van der Waals surface area (Å²) in [5.41, 5.74) is 2.51. The van der Waals surface area contributed by atoms with Crippen LogP contribution in [0.2, 0.25) is 0 Å². The summed E-state index contributed by atoms with van der Waals surface area (Å²) < 4.78 is 5.39. The monoisotopic (exact) mass is 248 g/mol. The van der Waals surface area contributed by atoms with Crippen LogP contribution in [0.1, 0.15) is 30.9 Å². The van der Waals surface area contributed by atoms with E-state index in [4.69, 9.17) is 4.74 Å². The van der Waals surface area contributed by atoms with Gasteiger partial charge in [0.2, 0.25) is 0 Å². The van der Waals surface area contributed by atoms with Crippen LogP contribution in [0.15, 0.2) is 18.2 Å².